The number of carbonyl (C=O) groups is 1. The van der Waals surface area contributed by atoms with Gasteiger partial charge in [-0.2, -0.15) is 0 Å². The Bertz CT molecular complexity index is 537. The van der Waals surface area contributed by atoms with Crippen LogP contribution in [0.5, 0.6) is 0 Å². The van der Waals surface area contributed by atoms with Crippen LogP contribution in [0.25, 0.3) is 0 Å². The molecule has 0 bridgehead atoms. The Kier molecular flexibility index (Phi) is 4.10. The number of thiophene rings is 1. The van der Waals surface area contributed by atoms with E-state index in [1.54, 1.807) is 0 Å². The quantitative estimate of drug-likeness (QED) is 0.794. The zero-order valence-electron chi connectivity index (χ0n) is 9.41. The van der Waals surface area contributed by atoms with Gasteiger partial charge in [0, 0.05) is 19.7 Å². The maximum absolute atomic E-state index is 12.1. The highest BCUT2D eigenvalue weighted by Gasteiger charge is 2.25. The number of anilines is 2. The van der Waals surface area contributed by atoms with Gasteiger partial charge in [0.25, 0.3) is 0 Å². The first-order chi connectivity index (χ1) is 7.79. The summed E-state index contributed by atoms with van der Waals surface area (Å²) in [7, 11) is -3.56. The molecule has 0 aromatic carbocycles. The molecule has 0 amide bonds. The zero-order valence-corrected chi connectivity index (χ0v) is 11.0. The predicted octanol–water partition coefficient (Wildman–Crippen LogP) is 1.32. The number of rotatable bonds is 5. The molecule has 8 heteroatoms. The highest BCUT2D eigenvalue weighted by molar-refractivity contribution is 7.91. The summed E-state index contributed by atoms with van der Waals surface area (Å²) in [6, 6.07) is 0. The number of sulfone groups is 1. The molecule has 5 nitrogen and oxygen atoms in total. The van der Waals surface area contributed by atoms with Crippen molar-refractivity contribution in [2.75, 3.05) is 30.5 Å². The van der Waals surface area contributed by atoms with Crippen molar-refractivity contribution in [2.24, 2.45) is 0 Å². The number of nitrogens with two attached hydrogens (primary N) is 1. The minimum absolute atomic E-state index is 0.0280. The zero-order chi connectivity index (χ0) is 13.2. The van der Waals surface area contributed by atoms with E-state index in [-0.39, 0.29) is 32.8 Å². The van der Waals surface area contributed by atoms with Crippen LogP contribution in [-0.2, 0) is 9.84 Å². The lowest BCUT2D eigenvalue weighted by atomic mass is 10.3. The number of alkyl halides is 1. The Hall–Kier alpha value is -1.15. The summed E-state index contributed by atoms with van der Waals surface area (Å²) < 4.78 is 35.2. The normalized spacial score (nSPS) is 11.5. The predicted molar refractivity (Wildman–Crippen MR) is 66.3 cm³/mol. The van der Waals surface area contributed by atoms with E-state index < -0.39 is 16.5 Å². The van der Waals surface area contributed by atoms with E-state index in [1.165, 1.54) is 6.92 Å². The van der Waals surface area contributed by atoms with Gasteiger partial charge in [-0.1, -0.05) is 0 Å². The number of nitrogen functional groups attached to an aromatic ring is 1. The maximum atomic E-state index is 12.1. The van der Waals surface area contributed by atoms with E-state index in [9.17, 15) is 17.6 Å². The van der Waals surface area contributed by atoms with Crippen molar-refractivity contribution < 1.29 is 17.6 Å². The highest BCUT2D eigenvalue weighted by Crippen LogP contribution is 2.39. The van der Waals surface area contributed by atoms with Crippen molar-refractivity contribution in [3.8, 4) is 0 Å². The largest absolute Gasteiger partial charge is 0.396 e. The van der Waals surface area contributed by atoms with E-state index in [2.05, 4.69) is 5.32 Å². The van der Waals surface area contributed by atoms with Gasteiger partial charge in [-0.05, 0) is 0 Å². The number of hydrogen-bond donors (Lipinski definition) is 2. The summed E-state index contributed by atoms with van der Waals surface area (Å²) >= 11 is 0.930. The molecule has 1 rings (SSSR count). The minimum atomic E-state index is -3.56. The molecule has 1 heterocycles. The fourth-order valence-electron chi connectivity index (χ4n) is 1.34. The van der Waals surface area contributed by atoms with Gasteiger partial charge >= 0.3 is 0 Å². The van der Waals surface area contributed by atoms with Gasteiger partial charge in [0.15, 0.2) is 15.6 Å². The Labute approximate surface area is 103 Å². The molecule has 1 aromatic heterocycles. The van der Waals surface area contributed by atoms with Crippen molar-refractivity contribution >= 4 is 37.6 Å². The van der Waals surface area contributed by atoms with E-state index in [4.69, 9.17) is 5.73 Å². The molecule has 96 valence electrons. The van der Waals surface area contributed by atoms with Crippen molar-refractivity contribution in [3.63, 3.8) is 0 Å². The molecule has 0 aliphatic rings. The van der Waals surface area contributed by atoms with Gasteiger partial charge in [-0.3, -0.25) is 4.79 Å². The lowest BCUT2D eigenvalue weighted by molar-refractivity contribution is 0.102. The first kappa shape index (κ1) is 13.9. The molecule has 0 aliphatic carbocycles. The number of Topliss-reactive ketones (excluding diaryl/α,β-unsaturated/α-hetero) is 1. The molecular weight excluding hydrogens is 267 g/mol. The fourth-order valence-corrected chi connectivity index (χ4v) is 3.83. The van der Waals surface area contributed by atoms with Crippen LogP contribution in [0.15, 0.2) is 4.90 Å². The first-order valence-corrected chi connectivity index (χ1v) is 7.43. The summed E-state index contributed by atoms with van der Waals surface area (Å²) in [4.78, 5) is 11.3. The molecule has 0 saturated heterocycles. The number of hydrogen-bond acceptors (Lipinski definition) is 6. The average molecular weight is 280 g/mol. The molecule has 0 atom stereocenters. The molecule has 0 spiro atoms. The van der Waals surface area contributed by atoms with Crippen LogP contribution in [-0.4, -0.2) is 33.7 Å². The van der Waals surface area contributed by atoms with Gasteiger partial charge < -0.3 is 11.1 Å². The summed E-state index contributed by atoms with van der Waals surface area (Å²) in [6.45, 7) is 0.628. The van der Waals surface area contributed by atoms with Crippen LogP contribution >= 0.6 is 11.3 Å². The Morgan fingerprint density at radius 1 is 1.53 bits per heavy atom. The van der Waals surface area contributed by atoms with Crippen LogP contribution in [0.2, 0.25) is 0 Å². The van der Waals surface area contributed by atoms with Crippen molar-refractivity contribution in [2.45, 2.75) is 11.8 Å². The second kappa shape index (κ2) is 5.01. The standard InChI is InChI=1S/C9H13FN2O3S2/c1-5(13)7-6(11)8(17(2,14)15)9(16-7)12-4-3-10/h12H,3-4,11H2,1-2H3. The molecule has 0 radical (unpaired) electrons. The molecule has 1 aromatic rings. The number of ketones is 1. The van der Waals surface area contributed by atoms with Gasteiger partial charge in [-0.15, -0.1) is 11.3 Å². The second-order valence-electron chi connectivity index (χ2n) is 3.45. The third kappa shape index (κ3) is 2.95. The third-order valence-corrected chi connectivity index (χ3v) is 4.53. The van der Waals surface area contributed by atoms with Crippen molar-refractivity contribution in [1.29, 1.82) is 0 Å². The van der Waals surface area contributed by atoms with E-state index in [0.717, 1.165) is 17.6 Å². The van der Waals surface area contributed by atoms with Gasteiger partial charge in [-0.25, -0.2) is 12.8 Å². The van der Waals surface area contributed by atoms with Crippen LogP contribution in [0.3, 0.4) is 0 Å². The first-order valence-electron chi connectivity index (χ1n) is 4.72. The number of nitrogens with one attached hydrogen (secondary N) is 1. The number of halogens is 1. The fraction of sp³-hybridized carbons (Fsp3) is 0.444. The van der Waals surface area contributed by atoms with E-state index >= 15 is 0 Å². The molecule has 0 saturated carbocycles. The molecule has 0 aliphatic heterocycles. The monoisotopic (exact) mass is 280 g/mol. The van der Waals surface area contributed by atoms with Crippen molar-refractivity contribution in [3.05, 3.63) is 4.88 Å². The Morgan fingerprint density at radius 3 is 2.53 bits per heavy atom. The van der Waals surface area contributed by atoms with Crippen LogP contribution in [0, 0.1) is 0 Å². The second-order valence-corrected chi connectivity index (χ2v) is 6.42. The lowest BCUT2D eigenvalue weighted by Crippen LogP contribution is -2.07. The molecule has 0 unspecified atom stereocenters. The van der Waals surface area contributed by atoms with E-state index in [0.29, 0.717) is 0 Å². The van der Waals surface area contributed by atoms with Crippen molar-refractivity contribution in [1.82, 2.24) is 0 Å². The summed E-state index contributed by atoms with van der Waals surface area (Å²) in [6.07, 6.45) is 0.996. The van der Waals surface area contributed by atoms with Gasteiger partial charge in [0.05, 0.1) is 10.6 Å². The topological polar surface area (TPSA) is 89.3 Å². The van der Waals surface area contributed by atoms with Crippen LogP contribution in [0.4, 0.5) is 15.1 Å². The third-order valence-electron chi connectivity index (χ3n) is 1.97. The lowest BCUT2D eigenvalue weighted by Gasteiger charge is -2.04. The molecule has 3 N–H and O–H groups in total. The Morgan fingerprint density at radius 2 is 2.12 bits per heavy atom. The average Bonchev–Trinajstić information content (AvgIpc) is 2.51. The molecule has 0 fully saturated rings. The van der Waals surface area contributed by atoms with Crippen LogP contribution < -0.4 is 11.1 Å². The van der Waals surface area contributed by atoms with Gasteiger partial charge in [0.1, 0.15) is 16.6 Å². The molecule has 17 heavy (non-hydrogen) atoms. The smallest absolute Gasteiger partial charge is 0.180 e. The van der Waals surface area contributed by atoms with Crippen LogP contribution in [0.1, 0.15) is 16.6 Å². The summed E-state index contributed by atoms with van der Waals surface area (Å²) in [5.74, 6) is -0.314. The molecular formula is C9H13FN2O3S2. The maximum Gasteiger partial charge on any atom is 0.180 e. The highest BCUT2D eigenvalue weighted by atomic mass is 32.2. The van der Waals surface area contributed by atoms with Gasteiger partial charge in [0.2, 0.25) is 0 Å². The minimum Gasteiger partial charge on any atom is -0.396 e. The Balaban J connectivity index is 3.38. The van der Waals surface area contributed by atoms with E-state index in [1.807, 2.05) is 0 Å². The number of carbonyl (C=O) groups excluding carboxylic acids is 1. The summed E-state index contributed by atoms with van der Waals surface area (Å²) in [5, 5.41) is 2.83. The summed E-state index contributed by atoms with van der Waals surface area (Å²) in [5.41, 5.74) is 5.58. The SMILES string of the molecule is CC(=O)c1sc(NCCF)c(S(C)(=O)=O)c1N.